The highest BCUT2D eigenvalue weighted by atomic mass is 16.3. The molecule has 4 unspecified atom stereocenters. The zero-order valence-corrected chi connectivity index (χ0v) is 13.3. The van der Waals surface area contributed by atoms with Crippen molar-refractivity contribution >= 4 is 5.91 Å². The van der Waals surface area contributed by atoms with Gasteiger partial charge in [0.25, 0.3) is 0 Å². The van der Waals surface area contributed by atoms with E-state index in [9.17, 15) is 9.90 Å². The number of hydrogen-bond donors (Lipinski definition) is 2. The number of likely N-dealkylation sites (N-methyl/N-ethyl adjacent to an activating group) is 1. The first kappa shape index (κ1) is 15.3. The van der Waals surface area contributed by atoms with Crippen LogP contribution in [-0.2, 0) is 4.79 Å². The quantitative estimate of drug-likeness (QED) is 0.834. The number of nitrogens with one attached hydrogen (secondary N) is 1. The van der Waals surface area contributed by atoms with Crippen LogP contribution in [0.2, 0.25) is 0 Å². The van der Waals surface area contributed by atoms with Gasteiger partial charge < -0.3 is 15.3 Å². The Morgan fingerprint density at radius 2 is 2.00 bits per heavy atom. The van der Waals surface area contributed by atoms with E-state index in [0.717, 1.165) is 37.6 Å². The van der Waals surface area contributed by atoms with Crippen molar-refractivity contribution in [3.8, 4) is 0 Å². The third-order valence-electron chi connectivity index (χ3n) is 6.02. The van der Waals surface area contributed by atoms with Gasteiger partial charge in [-0.15, -0.1) is 0 Å². The summed E-state index contributed by atoms with van der Waals surface area (Å²) in [5, 5.41) is 13.6. The lowest BCUT2D eigenvalue weighted by Gasteiger charge is -2.40. The summed E-state index contributed by atoms with van der Waals surface area (Å²) < 4.78 is 0. The molecule has 0 spiro atoms. The molecule has 3 aliphatic rings. The van der Waals surface area contributed by atoms with Gasteiger partial charge >= 0.3 is 0 Å². The zero-order valence-electron chi connectivity index (χ0n) is 13.3. The molecule has 21 heavy (non-hydrogen) atoms. The van der Waals surface area contributed by atoms with Crippen LogP contribution in [0.1, 0.15) is 51.4 Å². The van der Waals surface area contributed by atoms with Crippen molar-refractivity contribution in [2.24, 2.45) is 17.8 Å². The number of nitrogens with zero attached hydrogens (tertiary/aromatic N) is 1. The fraction of sp³-hybridized carbons (Fsp3) is 0.941. The van der Waals surface area contributed by atoms with Crippen molar-refractivity contribution in [2.45, 2.75) is 57.0 Å². The van der Waals surface area contributed by atoms with Crippen LogP contribution in [0.4, 0.5) is 0 Å². The van der Waals surface area contributed by atoms with Crippen LogP contribution in [0.3, 0.4) is 0 Å². The van der Waals surface area contributed by atoms with Gasteiger partial charge in [-0.3, -0.25) is 4.79 Å². The Morgan fingerprint density at radius 3 is 2.71 bits per heavy atom. The minimum Gasteiger partial charge on any atom is -0.387 e. The summed E-state index contributed by atoms with van der Waals surface area (Å²) in [4.78, 5) is 14.5. The number of rotatable bonds is 3. The molecule has 120 valence electrons. The molecule has 2 N–H and O–H groups in total. The van der Waals surface area contributed by atoms with Gasteiger partial charge in [-0.1, -0.05) is 25.7 Å². The summed E-state index contributed by atoms with van der Waals surface area (Å²) in [5.74, 6) is 2.13. The van der Waals surface area contributed by atoms with Gasteiger partial charge in [-0.2, -0.15) is 0 Å². The predicted molar refractivity (Wildman–Crippen MR) is 82.9 cm³/mol. The predicted octanol–water partition coefficient (Wildman–Crippen LogP) is 1.78. The molecule has 1 heterocycles. The van der Waals surface area contributed by atoms with Crippen molar-refractivity contribution in [1.29, 1.82) is 0 Å². The second-order valence-electron chi connectivity index (χ2n) is 7.66. The molecule has 1 saturated heterocycles. The van der Waals surface area contributed by atoms with E-state index in [2.05, 4.69) is 5.32 Å². The lowest BCUT2D eigenvalue weighted by Crippen LogP contribution is -2.47. The maximum atomic E-state index is 12.7. The van der Waals surface area contributed by atoms with E-state index in [4.69, 9.17) is 0 Å². The van der Waals surface area contributed by atoms with Crippen molar-refractivity contribution in [2.75, 3.05) is 26.7 Å². The zero-order chi connectivity index (χ0) is 14.9. The van der Waals surface area contributed by atoms with Gasteiger partial charge in [0, 0.05) is 19.5 Å². The average Bonchev–Trinajstić information content (AvgIpc) is 2.92. The van der Waals surface area contributed by atoms with Crippen molar-refractivity contribution in [3.05, 3.63) is 0 Å². The van der Waals surface area contributed by atoms with Crippen LogP contribution >= 0.6 is 0 Å². The van der Waals surface area contributed by atoms with Gasteiger partial charge in [-0.25, -0.2) is 0 Å². The maximum absolute atomic E-state index is 12.7. The van der Waals surface area contributed by atoms with E-state index >= 15 is 0 Å². The molecule has 0 aromatic carbocycles. The smallest absolute Gasteiger partial charge is 0.225 e. The number of fused-ring (bicyclic) bond motifs is 1. The third kappa shape index (κ3) is 3.42. The van der Waals surface area contributed by atoms with Crippen molar-refractivity contribution in [3.63, 3.8) is 0 Å². The number of carbonyl (C=O) groups is 1. The Bertz CT molecular complexity index is 379. The lowest BCUT2D eigenvalue weighted by molar-refractivity contribution is -0.139. The average molecular weight is 294 g/mol. The highest BCUT2D eigenvalue weighted by Gasteiger charge is 2.38. The van der Waals surface area contributed by atoms with Crippen LogP contribution in [0, 0.1) is 17.8 Å². The number of hydrogen-bond acceptors (Lipinski definition) is 3. The van der Waals surface area contributed by atoms with E-state index in [1.54, 1.807) is 4.90 Å². The Kier molecular flexibility index (Phi) is 4.55. The molecule has 0 bridgehead atoms. The van der Waals surface area contributed by atoms with E-state index in [-0.39, 0.29) is 11.8 Å². The summed E-state index contributed by atoms with van der Waals surface area (Å²) in [7, 11) is 1.87. The highest BCUT2D eigenvalue weighted by Crippen LogP contribution is 2.43. The molecule has 4 nitrogen and oxygen atoms in total. The van der Waals surface area contributed by atoms with E-state index in [1.807, 2.05) is 7.05 Å². The minimum absolute atomic E-state index is 0.201. The fourth-order valence-corrected chi connectivity index (χ4v) is 4.79. The van der Waals surface area contributed by atoms with Crippen molar-refractivity contribution in [1.82, 2.24) is 10.2 Å². The largest absolute Gasteiger partial charge is 0.387 e. The van der Waals surface area contributed by atoms with Crippen LogP contribution in [0.25, 0.3) is 0 Å². The summed E-state index contributed by atoms with van der Waals surface area (Å²) in [6.07, 6.45) is 9.58. The van der Waals surface area contributed by atoms with Gasteiger partial charge in [-0.05, 0) is 44.1 Å². The summed E-state index contributed by atoms with van der Waals surface area (Å²) in [6.45, 7) is 1.94. The second-order valence-corrected chi connectivity index (χ2v) is 7.66. The number of β-amino-alcohol motifs (C(OH)–C–C–N with tert-alkyl or cyclic N) is 1. The monoisotopic (exact) mass is 294 g/mol. The number of amides is 1. The molecule has 0 aromatic rings. The Labute approximate surface area is 128 Å². The van der Waals surface area contributed by atoms with Crippen LogP contribution < -0.4 is 5.32 Å². The highest BCUT2D eigenvalue weighted by molar-refractivity contribution is 5.78. The normalized spacial score (nSPS) is 39.8. The van der Waals surface area contributed by atoms with Crippen molar-refractivity contribution < 1.29 is 9.90 Å². The molecule has 0 radical (unpaired) electrons. The first-order chi connectivity index (χ1) is 10.1. The summed E-state index contributed by atoms with van der Waals surface area (Å²) >= 11 is 0. The van der Waals surface area contributed by atoms with Gasteiger partial charge in [0.15, 0.2) is 0 Å². The molecule has 4 heteroatoms. The Hall–Kier alpha value is -0.610. The lowest BCUT2D eigenvalue weighted by atomic mass is 9.67. The molecular weight excluding hydrogens is 264 g/mol. The molecule has 4 atom stereocenters. The van der Waals surface area contributed by atoms with E-state index < -0.39 is 5.60 Å². The van der Waals surface area contributed by atoms with Crippen LogP contribution in [0.15, 0.2) is 0 Å². The summed E-state index contributed by atoms with van der Waals surface area (Å²) in [5.41, 5.74) is -0.716. The molecule has 1 amide bonds. The van der Waals surface area contributed by atoms with Crippen LogP contribution in [0.5, 0.6) is 0 Å². The van der Waals surface area contributed by atoms with Gasteiger partial charge in [0.05, 0.1) is 12.1 Å². The second kappa shape index (κ2) is 6.25. The standard InChI is InChI=1S/C17H30N2O2/c1-19(12-17(21)8-9-18-11-17)16(20)15-7-6-13-4-2-3-5-14(13)10-15/h13-15,18,21H,2-12H2,1H3. The number of aliphatic hydroxyl groups is 1. The van der Waals surface area contributed by atoms with Gasteiger partial charge in [0.2, 0.25) is 5.91 Å². The first-order valence-corrected chi connectivity index (χ1v) is 8.75. The number of carbonyl (C=O) groups excluding carboxylic acids is 1. The Balaban J connectivity index is 1.54. The maximum Gasteiger partial charge on any atom is 0.225 e. The molecule has 3 rings (SSSR count). The molecule has 3 fully saturated rings. The molecule has 1 aliphatic heterocycles. The van der Waals surface area contributed by atoms with Crippen LogP contribution in [-0.4, -0.2) is 48.2 Å². The fourth-order valence-electron chi connectivity index (χ4n) is 4.79. The molecular formula is C17H30N2O2. The SMILES string of the molecule is CN(CC1(O)CCNC1)C(=O)C1CCC2CCCCC2C1. The molecule has 2 aliphatic carbocycles. The first-order valence-electron chi connectivity index (χ1n) is 8.75. The third-order valence-corrected chi connectivity index (χ3v) is 6.02. The Morgan fingerprint density at radius 1 is 1.24 bits per heavy atom. The molecule has 0 aromatic heterocycles. The van der Waals surface area contributed by atoms with Gasteiger partial charge in [0.1, 0.15) is 0 Å². The topological polar surface area (TPSA) is 52.6 Å². The molecule has 2 saturated carbocycles. The van der Waals surface area contributed by atoms with E-state index in [1.165, 1.54) is 32.1 Å². The van der Waals surface area contributed by atoms with E-state index in [0.29, 0.717) is 13.1 Å². The minimum atomic E-state index is -0.716. The summed E-state index contributed by atoms with van der Waals surface area (Å²) in [6, 6.07) is 0.